The molecule has 0 aliphatic rings. The molecule has 6 heteroatoms. The summed E-state index contributed by atoms with van der Waals surface area (Å²) in [6.07, 6.45) is 0. The van der Waals surface area contributed by atoms with Crippen LogP contribution in [0.25, 0.3) is 0 Å². The van der Waals surface area contributed by atoms with Crippen LogP contribution in [0, 0.1) is 0 Å². The SMILES string of the molecule is C[Se]C[C@H](N)C(=O)NCC(=O)OCc1ccccc1. The van der Waals surface area contributed by atoms with E-state index < -0.39 is 12.0 Å². The van der Waals surface area contributed by atoms with E-state index in [-0.39, 0.29) is 19.1 Å². The standard InChI is InChI=1S/C13H18N2O3Se/c1-19-9-11(14)13(17)15-7-12(16)18-8-10-5-3-2-4-6-10/h2-6,11H,7-9,14H2,1H3,(H,15,17)/t11-/m0/s1. The number of carbonyl (C=O) groups excluding carboxylic acids is 2. The van der Waals surface area contributed by atoms with Gasteiger partial charge in [0.25, 0.3) is 0 Å². The second-order valence-corrected chi connectivity index (χ2v) is 5.84. The van der Waals surface area contributed by atoms with Crippen LogP contribution >= 0.6 is 0 Å². The molecular formula is C13H18N2O3Se. The molecule has 0 heterocycles. The van der Waals surface area contributed by atoms with Crippen molar-refractivity contribution in [2.75, 3.05) is 6.54 Å². The zero-order chi connectivity index (χ0) is 14.1. The molecule has 0 unspecified atom stereocenters. The van der Waals surface area contributed by atoms with E-state index in [9.17, 15) is 9.59 Å². The van der Waals surface area contributed by atoms with E-state index >= 15 is 0 Å². The van der Waals surface area contributed by atoms with E-state index in [1.807, 2.05) is 36.2 Å². The van der Waals surface area contributed by atoms with Crippen LogP contribution in [0.5, 0.6) is 0 Å². The van der Waals surface area contributed by atoms with Gasteiger partial charge in [0.2, 0.25) is 0 Å². The molecule has 0 spiro atoms. The van der Waals surface area contributed by atoms with Gasteiger partial charge in [-0.2, -0.15) is 0 Å². The predicted octanol–water partition coefficient (Wildman–Crippen LogP) is 0.344. The molecule has 0 aromatic heterocycles. The van der Waals surface area contributed by atoms with Crippen molar-refractivity contribution in [3.8, 4) is 0 Å². The summed E-state index contributed by atoms with van der Waals surface area (Å²) in [6.45, 7) is 0.0652. The molecule has 1 aromatic rings. The van der Waals surface area contributed by atoms with Crippen molar-refractivity contribution in [1.29, 1.82) is 0 Å². The molecular weight excluding hydrogens is 311 g/mol. The van der Waals surface area contributed by atoms with Crippen LogP contribution in [0.1, 0.15) is 5.56 Å². The third-order valence-corrected chi connectivity index (χ3v) is 3.79. The van der Waals surface area contributed by atoms with Gasteiger partial charge < -0.3 is 0 Å². The number of rotatable bonds is 7. The number of carbonyl (C=O) groups is 2. The first-order chi connectivity index (χ1) is 9.13. The number of hydrogen-bond donors (Lipinski definition) is 2. The number of nitrogens with two attached hydrogens (primary N) is 1. The van der Waals surface area contributed by atoms with Gasteiger partial charge >= 0.3 is 118 Å². The molecule has 5 nitrogen and oxygen atoms in total. The van der Waals surface area contributed by atoms with E-state index in [4.69, 9.17) is 10.5 Å². The van der Waals surface area contributed by atoms with Gasteiger partial charge in [-0.25, -0.2) is 0 Å². The molecule has 0 aliphatic carbocycles. The molecule has 0 saturated heterocycles. The zero-order valence-electron chi connectivity index (χ0n) is 10.8. The Morgan fingerprint density at radius 1 is 1.37 bits per heavy atom. The molecule has 1 atom stereocenters. The van der Waals surface area contributed by atoms with Crippen LogP contribution in [0.15, 0.2) is 30.3 Å². The van der Waals surface area contributed by atoms with Gasteiger partial charge in [0.1, 0.15) is 0 Å². The predicted molar refractivity (Wildman–Crippen MR) is 73.6 cm³/mol. The van der Waals surface area contributed by atoms with E-state index in [0.29, 0.717) is 20.3 Å². The Kier molecular flexibility index (Phi) is 7.18. The van der Waals surface area contributed by atoms with Crippen LogP contribution in [0.4, 0.5) is 0 Å². The topological polar surface area (TPSA) is 81.4 Å². The minimum atomic E-state index is -0.535. The first kappa shape index (κ1) is 15.7. The summed E-state index contributed by atoms with van der Waals surface area (Å²) in [4.78, 5) is 22.9. The second kappa shape index (κ2) is 8.69. The Morgan fingerprint density at radius 2 is 2.05 bits per heavy atom. The molecule has 0 aliphatic heterocycles. The second-order valence-electron chi connectivity index (χ2n) is 3.93. The maximum absolute atomic E-state index is 11.5. The van der Waals surface area contributed by atoms with Crippen molar-refractivity contribution in [1.82, 2.24) is 5.32 Å². The molecule has 1 aromatic carbocycles. The first-order valence-corrected chi connectivity index (χ1v) is 8.77. The fourth-order valence-electron chi connectivity index (χ4n) is 1.33. The normalized spacial score (nSPS) is 11.7. The van der Waals surface area contributed by atoms with Gasteiger partial charge in [-0.15, -0.1) is 0 Å². The van der Waals surface area contributed by atoms with Crippen LogP contribution in [-0.4, -0.2) is 39.4 Å². The molecule has 0 fully saturated rings. The van der Waals surface area contributed by atoms with E-state index in [2.05, 4.69) is 5.32 Å². The monoisotopic (exact) mass is 330 g/mol. The van der Waals surface area contributed by atoms with Crippen molar-refractivity contribution in [3.05, 3.63) is 35.9 Å². The zero-order valence-corrected chi connectivity index (χ0v) is 12.5. The number of esters is 1. The summed E-state index contributed by atoms with van der Waals surface area (Å²) in [5, 5.41) is 3.14. The number of nitrogens with one attached hydrogen (secondary N) is 1. The molecule has 3 N–H and O–H groups in total. The summed E-state index contributed by atoms with van der Waals surface area (Å²) >= 11 is 0.338. The van der Waals surface area contributed by atoms with Crippen molar-refractivity contribution in [3.63, 3.8) is 0 Å². The Bertz CT molecular complexity index is 412. The molecule has 104 valence electrons. The van der Waals surface area contributed by atoms with Crippen LogP contribution in [0.3, 0.4) is 0 Å². The van der Waals surface area contributed by atoms with Gasteiger partial charge in [-0.1, -0.05) is 0 Å². The first-order valence-electron chi connectivity index (χ1n) is 5.85. The Balaban J connectivity index is 2.23. The van der Waals surface area contributed by atoms with E-state index in [1.165, 1.54) is 0 Å². The van der Waals surface area contributed by atoms with Crippen molar-refractivity contribution in [2.24, 2.45) is 5.73 Å². The molecule has 1 amide bonds. The summed E-state index contributed by atoms with van der Waals surface area (Å²) < 4.78 is 5.03. The van der Waals surface area contributed by atoms with Crippen LogP contribution < -0.4 is 11.1 Å². The van der Waals surface area contributed by atoms with E-state index in [1.54, 1.807) is 0 Å². The van der Waals surface area contributed by atoms with Gasteiger partial charge in [-0.3, -0.25) is 0 Å². The van der Waals surface area contributed by atoms with Gasteiger partial charge in [0.05, 0.1) is 0 Å². The number of hydrogen-bond acceptors (Lipinski definition) is 4. The fraction of sp³-hybridized carbons (Fsp3) is 0.385. The molecule has 0 saturated carbocycles. The Morgan fingerprint density at radius 3 is 2.68 bits per heavy atom. The van der Waals surface area contributed by atoms with Gasteiger partial charge in [-0.05, 0) is 0 Å². The summed E-state index contributed by atoms with van der Waals surface area (Å²) in [5.41, 5.74) is 6.54. The van der Waals surface area contributed by atoms with Crippen molar-refractivity contribution in [2.45, 2.75) is 23.8 Å². The molecule has 19 heavy (non-hydrogen) atoms. The molecule has 1 rings (SSSR count). The fourth-order valence-corrected chi connectivity index (χ4v) is 2.41. The van der Waals surface area contributed by atoms with Gasteiger partial charge in [0, 0.05) is 0 Å². The average Bonchev–Trinajstić information content (AvgIpc) is 2.43. The third-order valence-electron chi connectivity index (χ3n) is 2.33. The van der Waals surface area contributed by atoms with Gasteiger partial charge in [0.15, 0.2) is 0 Å². The summed E-state index contributed by atoms with van der Waals surface area (Å²) in [7, 11) is 0. The molecule has 0 radical (unpaired) electrons. The summed E-state index contributed by atoms with van der Waals surface area (Å²) in [5.74, 6) is 1.24. The third kappa shape index (κ3) is 6.38. The number of amides is 1. The number of ether oxygens (including phenoxy) is 1. The minimum absolute atomic E-state index is 0.143. The average molecular weight is 329 g/mol. The van der Waals surface area contributed by atoms with Crippen LogP contribution in [-0.2, 0) is 20.9 Å². The Hall–Kier alpha value is -1.36. The Labute approximate surface area is 119 Å². The maximum atomic E-state index is 11.5. The van der Waals surface area contributed by atoms with Crippen molar-refractivity contribution >= 4 is 26.8 Å². The quantitative estimate of drug-likeness (QED) is 0.558. The number of benzene rings is 1. The molecule has 0 bridgehead atoms. The van der Waals surface area contributed by atoms with Crippen LogP contribution in [0.2, 0.25) is 11.1 Å². The van der Waals surface area contributed by atoms with E-state index in [0.717, 1.165) is 5.56 Å². The van der Waals surface area contributed by atoms with Crippen molar-refractivity contribution < 1.29 is 14.3 Å². The summed E-state index contributed by atoms with van der Waals surface area (Å²) in [6, 6.07) is 8.83.